The second kappa shape index (κ2) is 9.42. The summed E-state index contributed by atoms with van der Waals surface area (Å²) in [5.41, 5.74) is 2.45. The highest BCUT2D eigenvalue weighted by molar-refractivity contribution is 5.65. The predicted molar refractivity (Wildman–Crippen MR) is 94.0 cm³/mol. The summed E-state index contributed by atoms with van der Waals surface area (Å²) >= 11 is 0. The molecule has 0 aromatic heterocycles. The summed E-state index contributed by atoms with van der Waals surface area (Å²) in [6.45, 7) is 0.715. The van der Waals surface area contributed by atoms with E-state index in [-0.39, 0.29) is 6.54 Å². The topological polar surface area (TPSA) is 105 Å². The van der Waals surface area contributed by atoms with E-state index in [1.807, 2.05) is 36.4 Å². The second-order valence-electron chi connectivity index (χ2n) is 5.76. The maximum atomic E-state index is 11.0. The number of carboxylic acid groups (broad SMARTS) is 1. The molecule has 2 aromatic carbocycles. The van der Waals surface area contributed by atoms with Gasteiger partial charge in [0.15, 0.2) is 0 Å². The van der Waals surface area contributed by atoms with Gasteiger partial charge < -0.3 is 20.8 Å². The number of nitrogens with one attached hydrogen (secondary N) is 2. The fourth-order valence-corrected chi connectivity index (χ4v) is 2.57. The second-order valence-corrected chi connectivity index (χ2v) is 5.76. The van der Waals surface area contributed by atoms with Crippen molar-refractivity contribution >= 4 is 6.09 Å². The minimum atomic E-state index is -1.17. The van der Waals surface area contributed by atoms with Crippen LogP contribution in [0.3, 0.4) is 0 Å². The largest absolute Gasteiger partial charge is 0.465 e. The molecule has 0 fully saturated rings. The van der Waals surface area contributed by atoms with Gasteiger partial charge in [0.25, 0.3) is 0 Å². The van der Waals surface area contributed by atoms with E-state index >= 15 is 0 Å². The molecule has 2 rings (SSSR count). The molecule has 0 bridgehead atoms. The molecule has 0 unspecified atom stereocenters. The van der Waals surface area contributed by atoms with Crippen LogP contribution in [0.4, 0.5) is 4.79 Å². The number of benzene rings is 2. The van der Waals surface area contributed by atoms with Crippen molar-refractivity contribution in [1.29, 1.82) is 5.26 Å². The maximum absolute atomic E-state index is 11.0. The van der Waals surface area contributed by atoms with Gasteiger partial charge in [-0.2, -0.15) is 5.26 Å². The zero-order valence-electron chi connectivity index (χ0n) is 13.7. The third kappa shape index (κ3) is 6.26. The zero-order chi connectivity index (χ0) is 18.1. The fourth-order valence-electron chi connectivity index (χ4n) is 2.57. The van der Waals surface area contributed by atoms with E-state index < -0.39 is 18.2 Å². The Bertz CT molecular complexity index is 728. The predicted octanol–water partition coefficient (Wildman–Crippen LogP) is 1.89. The van der Waals surface area contributed by atoms with Crippen molar-refractivity contribution in [2.24, 2.45) is 0 Å². The molecule has 0 heterocycles. The van der Waals surface area contributed by atoms with Crippen molar-refractivity contribution in [3.63, 3.8) is 0 Å². The van der Waals surface area contributed by atoms with E-state index in [1.165, 1.54) is 0 Å². The Kier molecular flexibility index (Phi) is 6.96. The maximum Gasteiger partial charge on any atom is 0.404 e. The van der Waals surface area contributed by atoms with Crippen LogP contribution in [0.25, 0.3) is 0 Å². The van der Waals surface area contributed by atoms with Crippen molar-refractivity contribution in [1.82, 2.24) is 10.6 Å². The lowest BCUT2D eigenvalue weighted by atomic mass is 10.0. The molecule has 25 heavy (non-hydrogen) atoms. The molecule has 4 N–H and O–H groups in total. The molecule has 130 valence electrons. The van der Waals surface area contributed by atoms with Crippen LogP contribution in [0.5, 0.6) is 0 Å². The lowest BCUT2D eigenvalue weighted by Gasteiger charge is -2.23. The van der Waals surface area contributed by atoms with E-state index in [0.717, 1.165) is 11.1 Å². The molecule has 0 aliphatic rings. The lowest BCUT2D eigenvalue weighted by Crippen LogP contribution is -2.48. The summed E-state index contributed by atoms with van der Waals surface area (Å²) in [7, 11) is 0. The molecule has 2 aromatic rings. The van der Waals surface area contributed by atoms with Gasteiger partial charge in [0, 0.05) is 13.1 Å². The van der Waals surface area contributed by atoms with Gasteiger partial charge in [-0.15, -0.1) is 0 Å². The highest BCUT2D eigenvalue weighted by Crippen LogP contribution is 2.07. The number of aliphatic hydroxyl groups is 1. The first-order valence-corrected chi connectivity index (χ1v) is 7.99. The van der Waals surface area contributed by atoms with E-state index in [2.05, 4.69) is 16.7 Å². The van der Waals surface area contributed by atoms with Crippen LogP contribution in [0.2, 0.25) is 0 Å². The van der Waals surface area contributed by atoms with Crippen LogP contribution in [-0.4, -0.2) is 35.0 Å². The van der Waals surface area contributed by atoms with Crippen molar-refractivity contribution < 1.29 is 15.0 Å². The number of rotatable bonds is 8. The van der Waals surface area contributed by atoms with Crippen molar-refractivity contribution in [3.05, 3.63) is 71.3 Å². The van der Waals surface area contributed by atoms with E-state index in [1.54, 1.807) is 18.2 Å². The third-order valence-electron chi connectivity index (χ3n) is 3.81. The molecular formula is C19H21N3O3. The average Bonchev–Trinajstić information content (AvgIpc) is 2.62. The van der Waals surface area contributed by atoms with Gasteiger partial charge in [-0.1, -0.05) is 42.5 Å². The summed E-state index contributed by atoms with van der Waals surface area (Å²) < 4.78 is 0. The van der Waals surface area contributed by atoms with Gasteiger partial charge >= 0.3 is 6.09 Å². The summed E-state index contributed by atoms with van der Waals surface area (Å²) in [6.07, 6.45) is -1.64. The molecule has 0 spiro atoms. The Morgan fingerprint density at radius 3 is 2.52 bits per heavy atom. The first-order chi connectivity index (χ1) is 12.1. The number of aliphatic hydroxyl groups excluding tert-OH is 1. The molecule has 6 heteroatoms. The number of nitriles is 1. The molecule has 0 aliphatic carbocycles. The fraction of sp³-hybridized carbons (Fsp3) is 0.263. The standard InChI is InChI=1S/C19H21N3O3/c20-11-15-7-4-8-16(9-15)12-21-13-18(23)17(22-19(24)25)10-14-5-2-1-3-6-14/h1-9,17-18,21-23H,10,12-13H2,(H,24,25)/t17-,18+/m0/s1. The van der Waals surface area contributed by atoms with Gasteiger partial charge in [-0.25, -0.2) is 4.79 Å². The number of hydrogen-bond donors (Lipinski definition) is 4. The number of hydrogen-bond acceptors (Lipinski definition) is 4. The van der Waals surface area contributed by atoms with E-state index in [4.69, 9.17) is 10.4 Å². The zero-order valence-corrected chi connectivity index (χ0v) is 13.7. The van der Waals surface area contributed by atoms with Crippen molar-refractivity contribution in [2.75, 3.05) is 6.54 Å². The quantitative estimate of drug-likeness (QED) is 0.588. The first-order valence-electron chi connectivity index (χ1n) is 7.99. The minimum absolute atomic E-state index is 0.231. The van der Waals surface area contributed by atoms with Crippen LogP contribution in [-0.2, 0) is 13.0 Å². The molecule has 0 aliphatic heterocycles. The monoisotopic (exact) mass is 339 g/mol. The van der Waals surface area contributed by atoms with Gasteiger partial charge in [-0.05, 0) is 29.7 Å². The van der Waals surface area contributed by atoms with Crippen molar-refractivity contribution in [2.45, 2.75) is 25.1 Å². The summed E-state index contributed by atoms with van der Waals surface area (Å²) in [4.78, 5) is 11.0. The lowest BCUT2D eigenvalue weighted by molar-refractivity contribution is 0.117. The molecule has 0 saturated heterocycles. The minimum Gasteiger partial charge on any atom is -0.465 e. The number of nitrogens with zero attached hydrogens (tertiary/aromatic N) is 1. The summed E-state index contributed by atoms with van der Waals surface area (Å²) in [5.74, 6) is 0. The Labute approximate surface area is 146 Å². The van der Waals surface area contributed by atoms with Gasteiger partial charge in [-0.3, -0.25) is 0 Å². The van der Waals surface area contributed by atoms with Gasteiger partial charge in [0.05, 0.1) is 23.8 Å². The van der Waals surface area contributed by atoms with Crippen LogP contribution < -0.4 is 10.6 Å². The number of amides is 1. The van der Waals surface area contributed by atoms with E-state index in [9.17, 15) is 9.90 Å². The first kappa shape index (κ1) is 18.5. The molecule has 0 saturated carbocycles. The Morgan fingerprint density at radius 2 is 1.84 bits per heavy atom. The van der Waals surface area contributed by atoms with Crippen molar-refractivity contribution in [3.8, 4) is 6.07 Å². The van der Waals surface area contributed by atoms with Gasteiger partial charge in [0.1, 0.15) is 0 Å². The molecule has 0 radical (unpaired) electrons. The van der Waals surface area contributed by atoms with E-state index in [0.29, 0.717) is 18.5 Å². The normalized spacial score (nSPS) is 12.8. The number of carbonyl (C=O) groups is 1. The van der Waals surface area contributed by atoms with Crippen LogP contribution in [0.1, 0.15) is 16.7 Å². The Balaban J connectivity index is 1.91. The molecule has 1 amide bonds. The molecule has 2 atom stereocenters. The third-order valence-corrected chi connectivity index (χ3v) is 3.81. The van der Waals surface area contributed by atoms with Gasteiger partial charge in [0.2, 0.25) is 0 Å². The van der Waals surface area contributed by atoms with Crippen LogP contribution in [0.15, 0.2) is 54.6 Å². The summed E-state index contributed by atoms with van der Waals surface area (Å²) in [5, 5.41) is 33.7. The SMILES string of the molecule is N#Cc1cccc(CNC[C@@H](O)[C@H](Cc2ccccc2)NC(=O)O)c1. The van der Waals surface area contributed by atoms with Crippen LogP contribution in [0, 0.1) is 11.3 Å². The summed E-state index contributed by atoms with van der Waals surface area (Å²) in [6, 6.07) is 18.1. The molecular weight excluding hydrogens is 318 g/mol. The average molecular weight is 339 g/mol. The van der Waals surface area contributed by atoms with Crippen LogP contribution >= 0.6 is 0 Å². The highest BCUT2D eigenvalue weighted by Gasteiger charge is 2.21. The Hall–Kier alpha value is -2.88. The molecule has 6 nitrogen and oxygen atoms in total. The Morgan fingerprint density at radius 1 is 1.12 bits per heavy atom. The highest BCUT2D eigenvalue weighted by atomic mass is 16.4. The smallest absolute Gasteiger partial charge is 0.404 e.